The van der Waals surface area contributed by atoms with Crippen LogP contribution < -0.4 is 0 Å². The van der Waals surface area contributed by atoms with Crippen molar-refractivity contribution in [3.8, 4) is 0 Å². The van der Waals surface area contributed by atoms with E-state index in [4.69, 9.17) is 0 Å². The molecular formula is C16H37O3P. The zero-order valence-corrected chi connectivity index (χ0v) is 14.7. The van der Waals surface area contributed by atoms with Crippen LogP contribution in [0.15, 0.2) is 0 Å². The number of unbranched alkanes of at least 4 members (excludes halogenated alkanes) is 6. The Morgan fingerprint density at radius 3 is 1.85 bits per heavy atom. The maximum atomic E-state index is 10.2. The fourth-order valence-corrected chi connectivity index (χ4v) is 5.31. The van der Waals surface area contributed by atoms with Crippen molar-refractivity contribution in [2.45, 2.75) is 85.0 Å². The van der Waals surface area contributed by atoms with Gasteiger partial charge in [-0.25, -0.2) is 0 Å². The van der Waals surface area contributed by atoms with E-state index in [0.29, 0.717) is 0 Å². The summed E-state index contributed by atoms with van der Waals surface area (Å²) in [5.41, 5.74) is 0. The summed E-state index contributed by atoms with van der Waals surface area (Å²) in [6.45, 7) is 6.39. The summed E-state index contributed by atoms with van der Waals surface area (Å²) in [7, 11) is -4.38. The zero-order chi connectivity index (χ0) is 15.5. The maximum absolute atomic E-state index is 10.2. The van der Waals surface area contributed by atoms with Gasteiger partial charge in [0.1, 0.15) is 0 Å². The number of rotatable bonds is 13. The topological polar surface area (TPSA) is 60.7 Å². The Morgan fingerprint density at radius 2 is 1.30 bits per heavy atom. The normalized spacial score (nSPS) is 15.8. The van der Waals surface area contributed by atoms with Gasteiger partial charge in [0.15, 0.2) is 0 Å². The molecule has 0 amide bonds. The van der Waals surface area contributed by atoms with Crippen LogP contribution in [-0.2, 0) is 0 Å². The number of hydrogen-bond donors (Lipinski definition) is 3. The number of hydrogen-bond acceptors (Lipinski definition) is 3. The minimum absolute atomic E-state index is 0.195. The summed E-state index contributed by atoms with van der Waals surface area (Å²) in [5, 5.41) is 0. The van der Waals surface area contributed by atoms with Crippen molar-refractivity contribution in [3.63, 3.8) is 0 Å². The molecule has 20 heavy (non-hydrogen) atoms. The molecule has 0 spiro atoms. The first kappa shape index (κ1) is 20.3. The van der Waals surface area contributed by atoms with Crippen LogP contribution in [-0.4, -0.2) is 27.0 Å². The Bertz CT molecular complexity index is 236. The van der Waals surface area contributed by atoms with Crippen molar-refractivity contribution < 1.29 is 14.7 Å². The third kappa shape index (κ3) is 11.0. The first-order chi connectivity index (χ1) is 9.32. The van der Waals surface area contributed by atoms with Crippen LogP contribution >= 0.6 is 7.28 Å². The van der Waals surface area contributed by atoms with Crippen LogP contribution in [0, 0.1) is 5.92 Å². The van der Waals surface area contributed by atoms with E-state index in [9.17, 15) is 14.7 Å². The molecule has 0 saturated carbocycles. The Labute approximate surface area is 126 Å². The quantitative estimate of drug-likeness (QED) is 0.337. The first-order valence-corrected chi connectivity index (χ1v) is 11.0. The van der Waals surface area contributed by atoms with Crippen LogP contribution in [0.5, 0.6) is 0 Å². The van der Waals surface area contributed by atoms with Crippen molar-refractivity contribution in [2.24, 2.45) is 5.92 Å². The van der Waals surface area contributed by atoms with E-state index in [-0.39, 0.29) is 18.2 Å². The van der Waals surface area contributed by atoms with E-state index in [0.717, 1.165) is 44.9 Å². The summed E-state index contributed by atoms with van der Waals surface area (Å²) in [6, 6.07) is 0. The van der Waals surface area contributed by atoms with E-state index < -0.39 is 7.28 Å². The van der Waals surface area contributed by atoms with Crippen LogP contribution in [0.2, 0.25) is 0 Å². The third-order valence-electron chi connectivity index (χ3n) is 4.15. The van der Waals surface area contributed by atoms with Crippen molar-refractivity contribution in [1.29, 1.82) is 0 Å². The molecule has 4 heteroatoms. The van der Waals surface area contributed by atoms with Crippen molar-refractivity contribution in [3.05, 3.63) is 0 Å². The van der Waals surface area contributed by atoms with Gasteiger partial charge in [0.05, 0.1) is 0 Å². The Kier molecular flexibility index (Phi) is 10.3. The van der Waals surface area contributed by atoms with E-state index in [2.05, 4.69) is 20.8 Å². The van der Waals surface area contributed by atoms with E-state index in [1.165, 1.54) is 19.3 Å². The molecule has 0 aliphatic rings. The molecule has 0 rings (SSSR count). The molecule has 0 aliphatic heterocycles. The van der Waals surface area contributed by atoms with Gasteiger partial charge in [-0.3, -0.25) is 0 Å². The van der Waals surface area contributed by atoms with Crippen LogP contribution in [0.25, 0.3) is 0 Å². The molecule has 1 unspecified atom stereocenters. The van der Waals surface area contributed by atoms with Gasteiger partial charge in [-0.15, -0.1) is 0 Å². The average molecular weight is 308 g/mol. The zero-order valence-electron chi connectivity index (χ0n) is 13.9. The monoisotopic (exact) mass is 308 g/mol. The Hall–Kier alpha value is 0.310. The second-order valence-corrected chi connectivity index (χ2v) is 9.92. The first-order valence-electron chi connectivity index (χ1n) is 8.58. The molecule has 0 fully saturated rings. The molecule has 0 aliphatic carbocycles. The van der Waals surface area contributed by atoms with Crippen LogP contribution in [0.4, 0.5) is 0 Å². The molecule has 0 aromatic rings. The molecule has 0 saturated heterocycles. The minimum atomic E-state index is -4.38. The third-order valence-corrected chi connectivity index (χ3v) is 6.64. The summed E-state index contributed by atoms with van der Waals surface area (Å²) >= 11 is 0. The van der Waals surface area contributed by atoms with Crippen molar-refractivity contribution in [2.75, 3.05) is 12.3 Å². The predicted octanol–water partition coefficient (Wildman–Crippen LogP) is 4.84. The molecule has 0 radical (unpaired) electrons. The van der Waals surface area contributed by atoms with Gasteiger partial charge < -0.3 is 0 Å². The van der Waals surface area contributed by atoms with Gasteiger partial charge in [0.2, 0.25) is 0 Å². The summed E-state index contributed by atoms with van der Waals surface area (Å²) in [6.07, 6.45) is 11.0. The van der Waals surface area contributed by atoms with Crippen LogP contribution in [0.1, 0.15) is 85.0 Å². The predicted molar refractivity (Wildman–Crippen MR) is 90.0 cm³/mol. The molecule has 0 bridgehead atoms. The van der Waals surface area contributed by atoms with Crippen molar-refractivity contribution in [1.82, 2.24) is 0 Å². The second-order valence-electron chi connectivity index (χ2n) is 6.43. The summed E-state index contributed by atoms with van der Waals surface area (Å²) < 4.78 is 0. The Balaban J connectivity index is 4.06. The van der Waals surface area contributed by atoms with Gasteiger partial charge in [-0.05, 0) is 0 Å². The molecule has 0 heterocycles. The van der Waals surface area contributed by atoms with E-state index in [1.807, 2.05) is 0 Å². The second kappa shape index (κ2) is 10.1. The van der Waals surface area contributed by atoms with Gasteiger partial charge in [-0.2, -0.15) is 0 Å². The van der Waals surface area contributed by atoms with Gasteiger partial charge in [0.25, 0.3) is 0 Å². The van der Waals surface area contributed by atoms with E-state index in [1.54, 1.807) is 0 Å². The molecule has 1 atom stereocenters. The summed E-state index contributed by atoms with van der Waals surface area (Å²) in [4.78, 5) is 30.7. The van der Waals surface area contributed by atoms with Gasteiger partial charge >= 0.3 is 125 Å². The molecule has 0 aromatic carbocycles. The standard InChI is InChI=1S/C16H37O3P/c1-4-7-9-10-11-12-14-20(17,18,19)15-16(6-3)13-8-5-2/h16-19H,4-15H2,1-3H3. The SMILES string of the molecule is CCCCCCCCP(O)(O)(O)CC(CC)CCCC. The fraction of sp³-hybridized carbons (Fsp3) is 1.00. The van der Waals surface area contributed by atoms with Crippen molar-refractivity contribution >= 4 is 7.28 Å². The van der Waals surface area contributed by atoms with Gasteiger partial charge in [-0.1, -0.05) is 0 Å². The molecule has 3 N–H and O–H groups in total. The van der Waals surface area contributed by atoms with Gasteiger partial charge in [0, 0.05) is 0 Å². The average Bonchev–Trinajstić information content (AvgIpc) is 2.38. The van der Waals surface area contributed by atoms with E-state index >= 15 is 0 Å². The Morgan fingerprint density at radius 1 is 0.750 bits per heavy atom. The molecular weight excluding hydrogens is 271 g/mol. The fourth-order valence-electron chi connectivity index (χ4n) is 2.75. The van der Waals surface area contributed by atoms with Crippen LogP contribution in [0.3, 0.4) is 0 Å². The molecule has 3 nitrogen and oxygen atoms in total. The molecule has 124 valence electrons. The summed E-state index contributed by atoms with van der Waals surface area (Å²) in [5.74, 6) is 0.243. The molecule has 0 aromatic heterocycles.